The first kappa shape index (κ1) is 16.6. The molecule has 0 radical (unpaired) electrons. The number of para-hydroxylation sites is 1. The highest BCUT2D eigenvalue weighted by Crippen LogP contribution is 2.49. The van der Waals surface area contributed by atoms with Gasteiger partial charge in [-0.2, -0.15) is 0 Å². The van der Waals surface area contributed by atoms with Crippen LogP contribution in [-0.4, -0.2) is 48.0 Å². The molecule has 1 saturated carbocycles. The lowest BCUT2D eigenvalue weighted by Crippen LogP contribution is -2.42. The van der Waals surface area contributed by atoms with Crippen molar-refractivity contribution in [2.24, 2.45) is 5.41 Å². The summed E-state index contributed by atoms with van der Waals surface area (Å²) in [7, 11) is 1.85. The molecule has 1 heterocycles. The molecule has 0 spiro atoms. The Morgan fingerprint density at radius 1 is 1.42 bits per heavy atom. The zero-order valence-corrected chi connectivity index (χ0v) is 14.6. The number of carbonyl (C=O) groups excluding carboxylic acids is 2. The molecule has 1 aliphatic heterocycles. The van der Waals surface area contributed by atoms with Crippen LogP contribution in [0.1, 0.15) is 32.3 Å². The Bertz CT molecular complexity index is 642. The van der Waals surface area contributed by atoms with E-state index >= 15 is 0 Å². The minimum atomic E-state index is -0.103. The molecular formula is C18H26N4O2. The van der Waals surface area contributed by atoms with Crippen LogP contribution in [0.25, 0.3) is 0 Å². The maximum atomic E-state index is 12.6. The lowest BCUT2D eigenvalue weighted by atomic mass is 10.00. The van der Waals surface area contributed by atoms with Crippen molar-refractivity contribution in [2.45, 2.75) is 39.3 Å². The predicted molar refractivity (Wildman–Crippen MR) is 93.8 cm³/mol. The third-order valence-electron chi connectivity index (χ3n) is 5.51. The largest absolute Gasteiger partial charge is 0.336 e. The van der Waals surface area contributed by atoms with Gasteiger partial charge in [0.1, 0.15) is 0 Å². The number of benzene rings is 1. The number of nitrogens with zero attached hydrogens (tertiary/aromatic N) is 2. The van der Waals surface area contributed by atoms with Gasteiger partial charge in [-0.05, 0) is 36.8 Å². The van der Waals surface area contributed by atoms with Crippen LogP contribution in [-0.2, 0) is 6.54 Å². The molecule has 0 aromatic heterocycles. The molecule has 4 amide bonds. The summed E-state index contributed by atoms with van der Waals surface area (Å²) in [6, 6.07) is 7.71. The molecule has 1 aromatic carbocycles. The van der Waals surface area contributed by atoms with Crippen LogP contribution >= 0.6 is 0 Å². The minimum absolute atomic E-state index is 0.0523. The number of hydrogen-bond acceptors (Lipinski definition) is 2. The second-order valence-electron chi connectivity index (χ2n) is 7.18. The molecule has 2 N–H and O–H groups in total. The second kappa shape index (κ2) is 6.34. The van der Waals surface area contributed by atoms with Gasteiger partial charge < -0.3 is 20.4 Å². The Balaban J connectivity index is 1.68. The molecule has 6 heteroatoms. The van der Waals surface area contributed by atoms with Crippen LogP contribution in [0.5, 0.6) is 0 Å². The molecule has 1 unspecified atom stereocenters. The van der Waals surface area contributed by atoms with E-state index in [4.69, 9.17) is 0 Å². The molecule has 1 saturated heterocycles. The predicted octanol–water partition coefficient (Wildman–Crippen LogP) is 2.86. The smallest absolute Gasteiger partial charge is 0.321 e. The van der Waals surface area contributed by atoms with Gasteiger partial charge in [0.05, 0.1) is 0 Å². The summed E-state index contributed by atoms with van der Waals surface area (Å²) in [5.74, 6) is 0. The van der Waals surface area contributed by atoms with Crippen molar-refractivity contribution in [1.29, 1.82) is 0 Å². The molecule has 1 atom stereocenters. The average molecular weight is 330 g/mol. The van der Waals surface area contributed by atoms with Crippen LogP contribution < -0.4 is 10.6 Å². The lowest BCUT2D eigenvalue weighted by Gasteiger charge is -2.30. The maximum Gasteiger partial charge on any atom is 0.321 e. The first-order valence-electron chi connectivity index (χ1n) is 8.55. The Hall–Kier alpha value is -2.24. The Labute approximate surface area is 143 Å². The SMILES string of the molecule is CC(N(C)C(=O)Nc1ccccc1CN1CCNC1=O)C1(C)CC1. The molecule has 0 bridgehead atoms. The van der Waals surface area contributed by atoms with Gasteiger partial charge in [-0.15, -0.1) is 0 Å². The van der Waals surface area contributed by atoms with Crippen LogP contribution in [0.15, 0.2) is 24.3 Å². The zero-order valence-electron chi connectivity index (χ0n) is 14.6. The van der Waals surface area contributed by atoms with E-state index in [1.54, 1.807) is 9.80 Å². The van der Waals surface area contributed by atoms with Crippen molar-refractivity contribution in [2.75, 3.05) is 25.5 Å². The molecule has 130 valence electrons. The molecule has 1 aliphatic carbocycles. The number of amides is 4. The van der Waals surface area contributed by atoms with Crippen molar-refractivity contribution in [3.05, 3.63) is 29.8 Å². The summed E-state index contributed by atoms with van der Waals surface area (Å²) < 4.78 is 0. The van der Waals surface area contributed by atoms with Crippen molar-refractivity contribution in [3.8, 4) is 0 Å². The van der Waals surface area contributed by atoms with Gasteiger partial charge in [0.2, 0.25) is 0 Å². The summed E-state index contributed by atoms with van der Waals surface area (Å²) in [5, 5.41) is 5.81. The zero-order chi connectivity index (χ0) is 17.3. The Kier molecular flexibility index (Phi) is 4.39. The fourth-order valence-corrected chi connectivity index (χ4v) is 3.11. The van der Waals surface area contributed by atoms with Gasteiger partial charge in [-0.3, -0.25) is 0 Å². The number of hydrogen-bond donors (Lipinski definition) is 2. The van der Waals surface area contributed by atoms with Crippen molar-refractivity contribution in [1.82, 2.24) is 15.1 Å². The van der Waals surface area contributed by atoms with Gasteiger partial charge in [-0.1, -0.05) is 25.1 Å². The van der Waals surface area contributed by atoms with Gasteiger partial charge in [0.25, 0.3) is 0 Å². The van der Waals surface area contributed by atoms with E-state index in [9.17, 15) is 9.59 Å². The van der Waals surface area contributed by atoms with Gasteiger partial charge in [0.15, 0.2) is 0 Å². The lowest BCUT2D eigenvalue weighted by molar-refractivity contribution is 0.183. The maximum absolute atomic E-state index is 12.6. The monoisotopic (exact) mass is 330 g/mol. The van der Waals surface area contributed by atoms with E-state index in [-0.39, 0.29) is 23.5 Å². The summed E-state index contributed by atoms with van der Waals surface area (Å²) in [5.41, 5.74) is 1.96. The average Bonchev–Trinajstić information content (AvgIpc) is 3.20. The second-order valence-corrected chi connectivity index (χ2v) is 7.18. The molecule has 3 rings (SSSR count). The van der Waals surface area contributed by atoms with E-state index in [0.29, 0.717) is 19.6 Å². The number of rotatable bonds is 5. The van der Waals surface area contributed by atoms with Crippen molar-refractivity contribution in [3.63, 3.8) is 0 Å². The highest BCUT2D eigenvalue weighted by molar-refractivity contribution is 5.90. The van der Waals surface area contributed by atoms with Crippen molar-refractivity contribution < 1.29 is 9.59 Å². The Morgan fingerprint density at radius 3 is 2.75 bits per heavy atom. The molecule has 6 nitrogen and oxygen atoms in total. The van der Waals surface area contributed by atoms with E-state index < -0.39 is 0 Å². The minimum Gasteiger partial charge on any atom is -0.336 e. The summed E-state index contributed by atoms with van der Waals surface area (Å²) in [6.07, 6.45) is 2.35. The molecule has 2 fully saturated rings. The first-order chi connectivity index (χ1) is 11.4. The van der Waals surface area contributed by atoms with E-state index in [0.717, 1.165) is 11.3 Å². The molecule has 1 aromatic rings. The normalized spacial score (nSPS) is 19.6. The van der Waals surface area contributed by atoms with E-state index in [1.807, 2.05) is 31.3 Å². The number of urea groups is 2. The van der Waals surface area contributed by atoms with Crippen LogP contribution in [0.3, 0.4) is 0 Å². The van der Waals surface area contributed by atoms with Crippen molar-refractivity contribution >= 4 is 17.7 Å². The molecule has 2 aliphatic rings. The topological polar surface area (TPSA) is 64.7 Å². The van der Waals surface area contributed by atoms with Crippen LogP contribution in [0.4, 0.5) is 15.3 Å². The van der Waals surface area contributed by atoms with Gasteiger partial charge in [0, 0.05) is 38.4 Å². The number of nitrogens with one attached hydrogen (secondary N) is 2. The Morgan fingerprint density at radius 2 is 2.12 bits per heavy atom. The van der Waals surface area contributed by atoms with Gasteiger partial charge in [-0.25, -0.2) is 9.59 Å². The van der Waals surface area contributed by atoms with E-state index in [2.05, 4.69) is 24.5 Å². The molecular weight excluding hydrogens is 304 g/mol. The number of anilines is 1. The third kappa shape index (κ3) is 3.32. The first-order valence-corrected chi connectivity index (χ1v) is 8.55. The van der Waals surface area contributed by atoms with Gasteiger partial charge >= 0.3 is 12.1 Å². The summed E-state index contributed by atoms with van der Waals surface area (Å²) in [6.45, 7) is 6.19. The number of carbonyl (C=O) groups is 2. The van der Waals surface area contributed by atoms with E-state index in [1.165, 1.54) is 12.8 Å². The standard InChI is InChI=1S/C18H26N4O2/c1-13(18(2)8-9-18)21(3)17(24)20-15-7-5-4-6-14(15)12-22-11-10-19-16(22)23/h4-7,13H,8-12H2,1-3H3,(H,19,23)(H,20,24). The molecule has 24 heavy (non-hydrogen) atoms. The third-order valence-corrected chi connectivity index (χ3v) is 5.51. The summed E-state index contributed by atoms with van der Waals surface area (Å²) >= 11 is 0. The fourth-order valence-electron chi connectivity index (χ4n) is 3.11. The van der Waals surface area contributed by atoms with Crippen LogP contribution in [0.2, 0.25) is 0 Å². The fraction of sp³-hybridized carbons (Fsp3) is 0.556. The highest BCUT2D eigenvalue weighted by Gasteiger charge is 2.45. The quantitative estimate of drug-likeness (QED) is 0.872. The summed E-state index contributed by atoms with van der Waals surface area (Å²) in [4.78, 5) is 27.9. The van der Waals surface area contributed by atoms with Crippen LogP contribution in [0, 0.1) is 5.41 Å². The highest BCUT2D eigenvalue weighted by atomic mass is 16.2.